The summed E-state index contributed by atoms with van der Waals surface area (Å²) in [7, 11) is -1.85. The van der Waals surface area contributed by atoms with Gasteiger partial charge in [0.2, 0.25) is 0 Å². The lowest BCUT2D eigenvalue weighted by molar-refractivity contribution is -0.142. The molecule has 0 rings (SSSR count). The fourth-order valence-electron chi connectivity index (χ4n) is 0.790. The van der Waals surface area contributed by atoms with Gasteiger partial charge in [-0.05, 0) is 20.8 Å². The largest absolute Gasteiger partial charge is 0.468 e. The summed E-state index contributed by atoms with van der Waals surface area (Å²) in [6, 6.07) is -0.504. The lowest BCUT2D eigenvalue weighted by atomic mass is 10.2. The zero-order chi connectivity index (χ0) is 12.3. The summed E-state index contributed by atoms with van der Waals surface area (Å²) in [4.78, 5) is 11.0. The first-order valence-electron chi connectivity index (χ1n) is 4.62. The monoisotopic (exact) mass is 237 g/mol. The zero-order valence-electron chi connectivity index (χ0n) is 9.83. The van der Waals surface area contributed by atoms with E-state index in [0.29, 0.717) is 0 Å². The molecule has 0 saturated carbocycles. The third-order valence-corrected chi connectivity index (χ3v) is 4.54. The molecule has 5 nitrogen and oxygen atoms in total. The maximum absolute atomic E-state index is 11.3. The zero-order valence-corrected chi connectivity index (χ0v) is 10.6. The van der Waals surface area contributed by atoms with E-state index in [9.17, 15) is 13.2 Å². The van der Waals surface area contributed by atoms with Crippen molar-refractivity contribution in [2.75, 3.05) is 19.9 Å². The Hall–Kier alpha value is -0.620. The van der Waals surface area contributed by atoms with Crippen LogP contribution in [0.5, 0.6) is 0 Å². The van der Waals surface area contributed by atoms with Gasteiger partial charge in [-0.2, -0.15) is 0 Å². The molecular formula is C9H19NO4S. The van der Waals surface area contributed by atoms with E-state index in [0.717, 1.165) is 0 Å². The number of carbonyl (C=O) groups excluding carboxylic acids is 1. The Kier molecular flexibility index (Phi) is 4.73. The minimum atomic E-state index is -3.15. The SMILES string of the molecule is COC(=O)C(C)NCC(C)(C)S(C)(=O)=O. The molecule has 0 bridgehead atoms. The van der Waals surface area contributed by atoms with Crippen LogP contribution in [0.2, 0.25) is 0 Å². The van der Waals surface area contributed by atoms with Gasteiger partial charge in [0.1, 0.15) is 6.04 Å². The number of methoxy groups -OCH3 is 1. The second kappa shape index (κ2) is 4.94. The van der Waals surface area contributed by atoms with E-state index in [1.807, 2.05) is 0 Å². The first-order valence-corrected chi connectivity index (χ1v) is 6.52. The van der Waals surface area contributed by atoms with Gasteiger partial charge in [0, 0.05) is 12.8 Å². The van der Waals surface area contributed by atoms with Gasteiger partial charge in [0.15, 0.2) is 9.84 Å². The fourth-order valence-corrected chi connectivity index (χ4v) is 1.14. The number of hydrogen-bond donors (Lipinski definition) is 1. The number of nitrogens with one attached hydrogen (secondary N) is 1. The van der Waals surface area contributed by atoms with Gasteiger partial charge in [-0.15, -0.1) is 0 Å². The number of esters is 1. The van der Waals surface area contributed by atoms with Crippen molar-refractivity contribution >= 4 is 15.8 Å². The maximum Gasteiger partial charge on any atom is 0.322 e. The molecule has 0 spiro atoms. The van der Waals surface area contributed by atoms with Crippen LogP contribution in [0, 0.1) is 0 Å². The third kappa shape index (κ3) is 4.17. The molecular weight excluding hydrogens is 218 g/mol. The minimum absolute atomic E-state index is 0.210. The molecule has 1 unspecified atom stereocenters. The smallest absolute Gasteiger partial charge is 0.322 e. The van der Waals surface area contributed by atoms with Crippen LogP contribution in [0.1, 0.15) is 20.8 Å². The van der Waals surface area contributed by atoms with Gasteiger partial charge in [-0.25, -0.2) is 8.42 Å². The fraction of sp³-hybridized carbons (Fsp3) is 0.889. The summed E-state index contributed by atoms with van der Waals surface area (Å²) >= 11 is 0. The van der Waals surface area contributed by atoms with Gasteiger partial charge >= 0.3 is 5.97 Å². The van der Waals surface area contributed by atoms with Crippen molar-refractivity contribution in [2.24, 2.45) is 0 Å². The van der Waals surface area contributed by atoms with Crippen LogP contribution in [0.15, 0.2) is 0 Å². The first kappa shape index (κ1) is 14.4. The lowest BCUT2D eigenvalue weighted by Gasteiger charge is -2.24. The molecule has 0 amide bonds. The van der Waals surface area contributed by atoms with E-state index in [1.54, 1.807) is 20.8 Å². The molecule has 1 atom stereocenters. The van der Waals surface area contributed by atoms with E-state index in [4.69, 9.17) is 0 Å². The first-order chi connectivity index (χ1) is 6.62. The average molecular weight is 237 g/mol. The molecule has 1 N–H and O–H groups in total. The predicted molar refractivity (Wildman–Crippen MR) is 58.4 cm³/mol. The summed E-state index contributed by atoms with van der Waals surface area (Å²) in [6.45, 7) is 5.06. The van der Waals surface area contributed by atoms with Crippen molar-refractivity contribution in [1.29, 1.82) is 0 Å². The average Bonchev–Trinajstić information content (AvgIpc) is 2.11. The van der Waals surface area contributed by atoms with Crippen LogP contribution in [-0.4, -0.2) is 45.1 Å². The maximum atomic E-state index is 11.3. The standard InChI is InChI=1S/C9H19NO4S/c1-7(8(11)14-4)10-6-9(2,3)15(5,12)13/h7,10H,6H2,1-5H3. The van der Waals surface area contributed by atoms with Crippen LogP contribution >= 0.6 is 0 Å². The van der Waals surface area contributed by atoms with Crippen molar-refractivity contribution in [1.82, 2.24) is 5.32 Å². The molecule has 15 heavy (non-hydrogen) atoms. The van der Waals surface area contributed by atoms with Crippen LogP contribution < -0.4 is 5.32 Å². The predicted octanol–water partition coefficient (Wildman–Crippen LogP) is -0.0393. The summed E-state index contributed by atoms with van der Waals surface area (Å²) in [5, 5.41) is 2.83. The number of carbonyl (C=O) groups is 1. The van der Waals surface area contributed by atoms with Gasteiger partial charge in [-0.1, -0.05) is 0 Å². The summed E-state index contributed by atoms with van der Waals surface area (Å²) in [5.74, 6) is -0.403. The molecule has 0 fully saturated rings. The van der Waals surface area contributed by atoms with Crippen molar-refractivity contribution in [3.63, 3.8) is 0 Å². The lowest BCUT2D eigenvalue weighted by Crippen LogP contribution is -2.47. The Balaban J connectivity index is 4.35. The molecule has 6 heteroatoms. The summed E-state index contributed by atoms with van der Waals surface area (Å²) < 4.78 is 26.3. The van der Waals surface area contributed by atoms with E-state index in [1.165, 1.54) is 13.4 Å². The van der Waals surface area contributed by atoms with Crippen LogP contribution in [-0.2, 0) is 19.4 Å². The van der Waals surface area contributed by atoms with Crippen molar-refractivity contribution in [3.8, 4) is 0 Å². The highest BCUT2D eigenvalue weighted by Gasteiger charge is 2.30. The highest BCUT2D eigenvalue weighted by molar-refractivity contribution is 7.92. The van der Waals surface area contributed by atoms with E-state index >= 15 is 0 Å². The van der Waals surface area contributed by atoms with E-state index in [2.05, 4.69) is 10.1 Å². The van der Waals surface area contributed by atoms with Gasteiger partial charge in [-0.3, -0.25) is 4.79 Å². The van der Waals surface area contributed by atoms with Crippen molar-refractivity contribution < 1.29 is 17.9 Å². The summed E-state index contributed by atoms with van der Waals surface area (Å²) in [6.07, 6.45) is 1.18. The Bertz CT molecular complexity index is 321. The minimum Gasteiger partial charge on any atom is -0.468 e. The second-order valence-electron chi connectivity index (χ2n) is 4.16. The molecule has 0 heterocycles. The molecule has 0 saturated heterocycles. The molecule has 0 aromatic carbocycles. The second-order valence-corrected chi connectivity index (χ2v) is 6.81. The molecule has 0 aliphatic rings. The van der Waals surface area contributed by atoms with Crippen LogP contribution in [0.4, 0.5) is 0 Å². The highest BCUT2D eigenvalue weighted by atomic mass is 32.2. The Morgan fingerprint density at radius 3 is 2.27 bits per heavy atom. The molecule has 0 aromatic heterocycles. The number of sulfone groups is 1. The number of rotatable bonds is 5. The van der Waals surface area contributed by atoms with Gasteiger partial charge < -0.3 is 10.1 Å². The number of ether oxygens (including phenoxy) is 1. The van der Waals surface area contributed by atoms with E-state index in [-0.39, 0.29) is 6.54 Å². The number of hydrogen-bond acceptors (Lipinski definition) is 5. The van der Waals surface area contributed by atoms with Crippen LogP contribution in [0.3, 0.4) is 0 Å². The Morgan fingerprint density at radius 2 is 1.93 bits per heavy atom. The quantitative estimate of drug-likeness (QED) is 0.679. The van der Waals surface area contributed by atoms with Gasteiger partial charge in [0.25, 0.3) is 0 Å². The highest BCUT2D eigenvalue weighted by Crippen LogP contribution is 2.13. The normalized spacial score (nSPS) is 14.7. The van der Waals surface area contributed by atoms with Crippen molar-refractivity contribution in [2.45, 2.75) is 31.6 Å². The molecule has 0 aromatic rings. The van der Waals surface area contributed by atoms with Gasteiger partial charge in [0.05, 0.1) is 11.9 Å². The summed E-state index contributed by atoms with van der Waals surface area (Å²) in [5.41, 5.74) is 0. The molecule has 0 aliphatic carbocycles. The molecule has 0 radical (unpaired) electrons. The Labute approximate surface area is 91.1 Å². The van der Waals surface area contributed by atoms with Crippen molar-refractivity contribution in [3.05, 3.63) is 0 Å². The topological polar surface area (TPSA) is 72.5 Å². The van der Waals surface area contributed by atoms with Crippen LogP contribution in [0.25, 0.3) is 0 Å². The van der Waals surface area contributed by atoms with E-state index < -0.39 is 26.6 Å². The molecule has 90 valence electrons. The molecule has 0 aliphatic heterocycles. The third-order valence-electron chi connectivity index (χ3n) is 2.39. The Morgan fingerprint density at radius 1 is 1.47 bits per heavy atom.